The van der Waals surface area contributed by atoms with E-state index in [1.54, 1.807) is 28.6 Å². The Morgan fingerprint density at radius 1 is 1.29 bits per heavy atom. The van der Waals surface area contributed by atoms with Crippen LogP contribution in [-0.4, -0.2) is 26.3 Å². The maximum absolute atomic E-state index is 13.5. The molecule has 1 aliphatic carbocycles. The minimum Gasteiger partial charge on any atom is -0.328 e. The molecule has 0 amide bonds. The highest BCUT2D eigenvalue weighted by molar-refractivity contribution is 7.99. The van der Waals surface area contributed by atoms with Gasteiger partial charge in [0.05, 0.1) is 0 Å². The Morgan fingerprint density at radius 3 is 2.75 bits per heavy atom. The van der Waals surface area contributed by atoms with Crippen LogP contribution in [-0.2, 0) is 4.79 Å². The molecule has 0 fully saturated rings. The van der Waals surface area contributed by atoms with E-state index in [0.717, 1.165) is 41.8 Å². The van der Waals surface area contributed by atoms with Crippen molar-refractivity contribution in [3.8, 4) is 0 Å². The topological polar surface area (TPSA) is 59.8 Å². The zero-order valence-electron chi connectivity index (χ0n) is 16.5. The summed E-state index contributed by atoms with van der Waals surface area (Å²) in [5.74, 6) is 1.44. The normalized spacial score (nSPS) is 20.6. The number of Topliss-reactive ketones (excluding diaryl/α,β-unsaturated/α-hetero) is 1. The van der Waals surface area contributed by atoms with Gasteiger partial charge in [-0.2, -0.15) is 4.98 Å². The van der Waals surface area contributed by atoms with Crippen LogP contribution in [0.15, 0.2) is 40.7 Å². The number of unbranched alkanes of at least 4 members (excludes halogenated alkanes) is 1. The van der Waals surface area contributed by atoms with Crippen LogP contribution in [0.5, 0.6) is 0 Å². The Hall–Kier alpha value is -2.15. The molecule has 148 valence electrons. The van der Waals surface area contributed by atoms with Crippen molar-refractivity contribution in [2.24, 2.45) is 5.41 Å². The van der Waals surface area contributed by atoms with Gasteiger partial charge in [0.2, 0.25) is 11.1 Å². The van der Waals surface area contributed by atoms with Crippen LogP contribution in [0.4, 0.5) is 10.3 Å². The molecule has 0 saturated heterocycles. The average Bonchev–Trinajstić information content (AvgIpc) is 3.02. The van der Waals surface area contributed by atoms with Gasteiger partial charge in [-0.05, 0) is 36.0 Å². The van der Waals surface area contributed by atoms with Crippen molar-refractivity contribution in [3.05, 3.63) is 46.9 Å². The molecule has 2 heterocycles. The van der Waals surface area contributed by atoms with Gasteiger partial charge in [0.1, 0.15) is 11.9 Å². The second-order valence-corrected chi connectivity index (χ2v) is 9.34. The molecule has 0 radical (unpaired) electrons. The van der Waals surface area contributed by atoms with E-state index in [0.29, 0.717) is 17.5 Å². The van der Waals surface area contributed by atoms with E-state index in [1.807, 2.05) is 0 Å². The number of nitrogens with zero attached hydrogens (tertiary/aromatic N) is 3. The maximum atomic E-state index is 13.5. The van der Waals surface area contributed by atoms with E-state index in [-0.39, 0.29) is 23.1 Å². The van der Waals surface area contributed by atoms with E-state index in [9.17, 15) is 9.18 Å². The molecule has 0 saturated carbocycles. The molecule has 4 rings (SSSR count). The van der Waals surface area contributed by atoms with Crippen LogP contribution in [0, 0.1) is 11.2 Å². The van der Waals surface area contributed by atoms with Gasteiger partial charge in [0.15, 0.2) is 5.78 Å². The number of aromatic nitrogens is 3. The number of anilines is 1. The van der Waals surface area contributed by atoms with E-state index >= 15 is 0 Å². The molecule has 0 spiro atoms. The lowest BCUT2D eigenvalue weighted by Gasteiger charge is -2.38. The monoisotopic (exact) mass is 400 g/mol. The highest BCUT2D eigenvalue weighted by Gasteiger charge is 2.41. The van der Waals surface area contributed by atoms with Gasteiger partial charge in [0.25, 0.3) is 0 Å². The van der Waals surface area contributed by atoms with Crippen LogP contribution in [0.3, 0.4) is 0 Å². The number of fused-ring (bicyclic) bond motifs is 1. The van der Waals surface area contributed by atoms with Crippen molar-refractivity contribution in [2.75, 3.05) is 11.1 Å². The van der Waals surface area contributed by atoms with Gasteiger partial charge >= 0.3 is 0 Å². The molecule has 1 aromatic carbocycles. The molecule has 2 aliphatic rings. The maximum Gasteiger partial charge on any atom is 0.227 e. The second-order valence-electron chi connectivity index (χ2n) is 8.28. The van der Waals surface area contributed by atoms with Gasteiger partial charge in [-0.15, -0.1) is 5.10 Å². The van der Waals surface area contributed by atoms with Crippen molar-refractivity contribution in [2.45, 2.75) is 57.7 Å². The van der Waals surface area contributed by atoms with Crippen LogP contribution in [0.2, 0.25) is 0 Å². The van der Waals surface area contributed by atoms with Crippen molar-refractivity contribution in [1.29, 1.82) is 0 Å². The molecule has 1 aromatic heterocycles. The standard InChI is InChI=1S/C21H25FN4OS/c1-4-5-10-28-20-24-19-23-15-11-21(2,3)12-16(27)17(15)18(26(19)25-20)13-6-8-14(22)9-7-13/h6-9,18H,4-5,10-12H2,1-3H3,(H,23,24,25). The zero-order valence-corrected chi connectivity index (χ0v) is 17.3. The lowest BCUT2D eigenvalue weighted by Crippen LogP contribution is -2.36. The first-order valence-electron chi connectivity index (χ1n) is 9.76. The fourth-order valence-corrected chi connectivity index (χ4v) is 4.82. The SMILES string of the molecule is CCCCSc1nc2n(n1)C(c1ccc(F)cc1)C1=C(CC(C)(C)CC1=O)N2. The van der Waals surface area contributed by atoms with Crippen molar-refractivity contribution in [1.82, 2.24) is 14.8 Å². The first kappa shape index (κ1) is 19.2. The Labute approximate surface area is 168 Å². The van der Waals surface area contributed by atoms with Crippen molar-refractivity contribution in [3.63, 3.8) is 0 Å². The third-order valence-electron chi connectivity index (χ3n) is 5.23. The van der Waals surface area contributed by atoms with Gasteiger partial charge in [0, 0.05) is 23.4 Å². The van der Waals surface area contributed by atoms with Crippen molar-refractivity contribution >= 4 is 23.5 Å². The molecule has 1 atom stereocenters. The molecule has 28 heavy (non-hydrogen) atoms. The average molecular weight is 401 g/mol. The highest BCUT2D eigenvalue weighted by Crippen LogP contribution is 2.45. The molecule has 7 heteroatoms. The number of hydrogen-bond acceptors (Lipinski definition) is 5. The molecule has 1 unspecified atom stereocenters. The number of thioether (sulfide) groups is 1. The number of hydrogen-bond donors (Lipinski definition) is 1. The number of nitrogens with one attached hydrogen (secondary N) is 1. The number of halogens is 1. The summed E-state index contributed by atoms with van der Waals surface area (Å²) in [6.45, 7) is 6.37. The zero-order chi connectivity index (χ0) is 19.9. The first-order valence-corrected chi connectivity index (χ1v) is 10.7. The minimum atomic E-state index is -0.372. The predicted octanol–water partition coefficient (Wildman–Crippen LogP) is 4.97. The molecule has 1 aliphatic heterocycles. The summed E-state index contributed by atoms with van der Waals surface area (Å²) in [6, 6.07) is 5.96. The van der Waals surface area contributed by atoms with E-state index < -0.39 is 0 Å². The van der Waals surface area contributed by atoms with Gasteiger partial charge in [-0.25, -0.2) is 9.07 Å². The minimum absolute atomic E-state index is 0.100. The van der Waals surface area contributed by atoms with E-state index in [4.69, 9.17) is 5.10 Å². The Kier molecular flexibility index (Phi) is 5.04. The smallest absolute Gasteiger partial charge is 0.227 e. The summed E-state index contributed by atoms with van der Waals surface area (Å²) in [5.41, 5.74) is 2.39. The Morgan fingerprint density at radius 2 is 2.04 bits per heavy atom. The van der Waals surface area contributed by atoms with Crippen LogP contribution >= 0.6 is 11.8 Å². The van der Waals surface area contributed by atoms with Crippen LogP contribution < -0.4 is 5.32 Å². The lowest BCUT2D eigenvalue weighted by molar-refractivity contribution is -0.118. The fourth-order valence-electron chi connectivity index (χ4n) is 3.91. The number of benzene rings is 1. The highest BCUT2D eigenvalue weighted by atomic mass is 32.2. The van der Waals surface area contributed by atoms with E-state index in [1.165, 1.54) is 12.1 Å². The fraction of sp³-hybridized carbons (Fsp3) is 0.476. The third kappa shape index (κ3) is 3.60. The Bertz CT molecular complexity index is 932. The van der Waals surface area contributed by atoms with Gasteiger partial charge < -0.3 is 5.32 Å². The van der Waals surface area contributed by atoms with Gasteiger partial charge in [-0.1, -0.05) is 51.1 Å². The molecule has 1 N–H and O–H groups in total. The quantitative estimate of drug-likeness (QED) is 0.567. The summed E-state index contributed by atoms with van der Waals surface area (Å²) in [6.07, 6.45) is 3.49. The molecular weight excluding hydrogens is 375 g/mol. The predicted molar refractivity (Wildman–Crippen MR) is 109 cm³/mol. The van der Waals surface area contributed by atoms with E-state index in [2.05, 4.69) is 31.1 Å². The summed E-state index contributed by atoms with van der Waals surface area (Å²) in [5, 5.41) is 8.76. The molecule has 5 nitrogen and oxygen atoms in total. The number of rotatable bonds is 5. The summed E-state index contributed by atoms with van der Waals surface area (Å²) < 4.78 is 15.3. The second kappa shape index (κ2) is 7.35. The van der Waals surface area contributed by atoms with Gasteiger partial charge in [-0.3, -0.25) is 4.79 Å². The van der Waals surface area contributed by atoms with Crippen LogP contribution in [0.1, 0.15) is 58.1 Å². The summed E-state index contributed by atoms with van der Waals surface area (Å²) >= 11 is 1.63. The molecule has 2 aromatic rings. The third-order valence-corrected chi connectivity index (χ3v) is 6.15. The van der Waals surface area contributed by atoms with Crippen molar-refractivity contribution < 1.29 is 9.18 Å². The number of allylic oxidation sites excluding steroid dienone is 2. The molecular formula is C21H25FN4OS. The summed E-state index contributed by atoms with van der Waals surface area (Å²) in [4.78, 5) is 17.7. The summed E-state index contributed by atoms with van der Waals surface area (Å²) in [7, 11) is 0. The van der Waals surface area contributed by atoms with Crippen LogP contribution in [0.25, 0.3) is 0 Å². The molecule has 0 bridgehead atoms. The lowest BCUT2D eigenvalue weighted by atomic mass is 9.73. The first-order chi connectivity index (χ1) is 13.4. The largest absolute Gasteiger partial charge is 0.328 e. The number of ketones is 1. The number of carbonyl (C=O) groups is 1. The Balaban J connectivity index is 1.78. The number of carbonyl (C=O) groups excluding carboxylic acids is 1.